The first-order valence-electron chi connectivity index (χ1n) is 6.48. The Morgan fingerprint density at radius 1 is 1.15 bits per heavy atom. The largest absolute Gasteiger partial charge is 0.316 e. The fraction of sp³-hybridized carbons (Fsp3) is 0.250. The molecule has 0 fully saturated rings. The van der Waals surface area contributed by atoms with Gasteiger partial charge in [-0.15, -0.1) is 11.8 Å². The van der Waals surface area contributed by atoms with Crippen molar-refractivity contribution in [2.24, 2.45) is 0 Å². The lowest BCUT2D eigenvalue weighted by atomic mass is 10.1. The highest BCUT2D eigenvalue weighted by atomic mass is 79.9. The van der Waals surface area contributed by atoms with Crippen molar-refractivity contribution in [1.29, 1.82) is 0 Å². The van der Waals surface area contributed by atoms with E-state index in [2.05, 4.69) is 33.4 Å². The number of rotatable bonds is 6. The number of benzene rings is 2. The van der Waals surface area contributed by atoms with Crippen LogP contribution in [-0.2, 0) is 6.42 Å². The maximum absolute atomic E-state index is 13.5. The molecule has 0 aliphatic carbocycles. The monoisotopic (exact) mass is 353 g/mol. The second-order valence-electron chi connectivity index (χ2n) is 4.53. The predicted molar refractivity (Wildman–Crippen MR) is 87.8 cm³/mol. The molecule has 106 valence electrons. The third-order valence-corrected chi connectivity index (χ3v) is 5.16. The second-order valence-corrected chi connectivity index (χ2v) is 6.41. The lowest BCUT2D eigenvalue weighted by Crippen LogP contribution is -2.30. The number of likely N-dealkylation sites (N-methyl/N-ethyl adjacent to an activating group) is 1. The zero-order valence-electron chi connectivity index (χ0n) is 11.3. The van der Waals surface area contributed by atoms with Crippen molar-refractivity contribution in [2.45, 2.75) is 17.4 Å². The van der Waals surface area contributed by atoms with Crippen LogP contribution in [0.25, 0.3) is 0 Å². The number of hydrogen-bond acceptors (Lipinski definition) is 2. The zero-order valence-corrected chi connectivity index (χ0v) is 13.7. The van der Waals surface area contributed by atoms with Gasteiger partial charge in [0.15, 0.2) is 0 Å². The average molecular weight is 354 g/mol. The van der Waals surface area contributed by atoms with Gasteiger partial charge in [-0.05, 0) is 53.2 Å². The summed E-state index contributed by atoms with van der Waals surface area (Å²) in [4.78, 5) is 1.26. The molecule has 0 bridgehead atoms. The molecule has 1 N–H and O–H groups in total. The lowest BCUT2D eigenvalue weighted by Gasteiger charge is -2.17. The molecule has 0 aliphatic heterocycles. The van der Waals surface area contributed by atoms with E-state index in [0.717, 1.165) is 17.7 Å². The van der Waals surface area contributed by atoms with Crippen LogP contribution in [-0.4, -0.2) is 18.8 Å². The van der Waals surface area contributed by atoms with Gasteiger partial charge < -0.3 is 5.32 Å². The fourth-order valence-electron chi connectivity index (χ4n) is 1.93. The number of nitrogens with one attached hydrogen (secondary N) is 1. The zero-order chi connectivity index (χ0) is 14.4. The van der Waals surface area contributed by atoms with Crippen LogP contribution >= 0.6 is 27.7 Å². The van der Waals surface area contributed by atoms with Crippen molar-refractivity contribution in [3.05, 3.63) is 64.4 Å². The van der Waals surface area contributed by atoms with E-state index in [-0.39, 0.29) is 5.82 Å². The van der Waals surface area contributed by atoms with Crippen LogP contribution in [0.2, 0.25) is 0 Å². The van der Waals surface area contributed by atoms with E-state index in [9.17, 15) is 4.39 Å². The first kappa shape index (κ1) is 15.5. The van der Waals surface area contributed by atoms with Gasteiger partial charge in [-0.3, -0.25) is 0 Å². The van der Waals surface area contributed by atoms with Crippen LogP contribution in [0.1, 0.15) is 5.56 Å². The smallest absolute Gasteiger partial charge is 0.137 e. The highest BCUT2D eigenvalue weighted by Gasteiger charge is 2.12. The van der Waals surface area contributed by atoms with Gasteiger partial charge in [0.1, 0.15) is 5.82 Å². The van der Waals surface area contributed by atoms with Gasteiger partial charge in [0.2, 0.25) is 0 Å². The Bertz CT molecular complexity index is 547. The SMILES string of the molecule is CNC(CSc1ccccc1)Cc1cccc(F)c1Br. The summed E-state index contributed by atoms with van der Waals surface area (Å²) in [6, 6.07) is 15.8. The van der Waals surface area contributed by atoms with E-state index in [4.69, 9.17) is 0 Å². The summed E-state index contributed by atoms with van der Waals surface area (Å²) in [7, 11) is 1.95. The molecule has 0 aromatic heterocycles. The molecular formula is C16H17BrFNS. The van der Waals surface area contributed by atoms with Crippen LogP contribution in [0.3, 0.4) is 0 Å². The molecule has 1 nitrogen and oxygen atoms in total. The van der Waals surface area contributed by atoms with Crippen molar-refractivity contribution in [3.8, 4) is 0 Å². The molecular weight excluding hydrogens is 337 g/mol. The van der Waals surface area contributed by atoms with Gasteiger partial charge in [0.25, 0.3) is 0 Å². The Morgan fingerprint density at radius 3 is 2.60 bits per heavy atom. The molecule has 0 spiro atoms. The van der Waals surface area contributed by atoms with Crippen molar-refractivity contribution in [2.75, 3.05) is 12.8 Å². The maximum Gasteiger partial charge on any atom is 0.137 e. The molecule has 0 heterocycles. The number of hydrogen-bond donors (Lipinski definition) is 1. The summed E-state index contributed by atoms with van der Waals surface area (Å²) < 4.78 is 14.1. The summed E-state index contributed by atoms with van der Waals surface area (Å²) in [6.07, 6.45) is 0.800. The maximum atomic E-state index is 13.5. The molecule has 4 heteroatoms. The van der Waals surface area contributed by atoms with Crippen LogP contribution in [0, 0.1) is 5.82 Å². The molecule has 0 saturated carbocycles. The topological polar surface area (TPSA) is 12.0 Å². The van der Waals surface area contributed by atoms with Crippen molar-refractivity contribution < 1.29 is 4.39 Å². The van der Waals surface area contributed by atoms with E-state index in [1.165, 1.54) is 11.0 Å². The van der Waals surface area contributed by atoms with E-state index in [0.29, 0.717) is 10.5 Å². The molecule has 0 aliphatic rings. The van der Waals surface area contributed by atoms with Crippen LogP contribution in [0.15, 0.2) is 57.9 Å². The fourth-order valence-corrected chi connectivity index (χ4v) is 3.38. The quantitative estimate of drug-likeness (QED) is 0.766. The third kappa shape index (κ3) is 4.33. The molecule has 20 heavy (non-hydrogen) atoms. The molecule has 0 radical (unpaired) electrons. The van der Waals surface area contributed by atoms with Crippen molar-refractivity contribution >= 4 is 27.7 Å². The highest BCUT2D eigenvalue weighted by Crippen LogP contribution is 2.24. The highest BCUT2D eigenvalue weighted by molar-refractivity contribution is 9.10. The minimum atomic E-state index is -0.201. The predicted octanol–water partition coefficient (Wildman–Crippen LogP) is 4.51. The molecule has 2 aromatic carbocycles. The first-order chi connectivity index (χ1) is 9.70. The summed E-state index contributed by atoms with van der Waals surface area (Å²) >= 11 is 5.14. The first-order valence-corrected chi connectivity index (χ1v) is 8.26. The molecule has 0 amide bonds. The molecule has 2 aromatic rings. The minimum absolute atomic E-state index is 0.201. The van der Waals surface area contributed by atoms with Crippen molar-refractivity contribution in [3.63, 3.8) is 0 Å². The van der Waals surface area contributed by atoms with E-state index >= 15 is 0 Å². The molecule has 2 rings (SSSR count). The lowest BCUT2D eigenvalue weighted by molar-refractivity contribution is 0.597. The van der Waals surface area contributed by atoms with Gasteiger partial charge in [-0.1, -0.05) is 30.3 Å². The standard InChI is InChI=1S/C16H17BrFNS/c1-19-13(11-20-14-7-3-2-4-8-14)10-12-6-5-9-15(18)16(12)17/h2-9,13,19H,10-11H2,1H3. The van der Waals surface area contributed by atoms with Crippen LogP contribution in [0.4, 0.5) is 4.39 Å². The molecule has 0 saturated heterocycles. The third-order valence-electron chi connectivity index (χ3n) is 3.10. The van der Waals surface area contributed by atoms with E-state index < -0.39 is 0 Å². The summed E-state index contributed by atoms with van der Waals surface area (Å²) in [5.74, 6) is 0.747. The van der Waals surface area contributed by atoms with E-state index in [1.807, 2.05) is 43.1 Å². The van der Waals surface area contributed by atoms with Crippen LogP contribution < -0.4 is 5.32 Å². The molecule has 1 unspecified atom stereocenters. The van der Waals surface area contributed by atoms with Gasteiger partial charge in [-0.25, -0.2) is 4.39 Å². The summed E-state index contributed by atoms with van der Waals surface area (Å²) in [5, 5.41) is 3.30. The number of halogens is 2. The summed E-state index contributed by atoms with van der Waals surface area (Å²) in [5.41, 5.74) is 0.998. The Hall–Kier alpha value is -0.840. The van der Waals surface area contributed by atoms with Crippen molar-refractivity contribution in [1.82, 2.24) is 5.32 Å². The van der Waals surface area contributed by atoms with Gasteiger partial charge >= 0.3 is 0 Å². The Balaban J connectivity index is 1.97. The minimum Gasteiger partial charge on any atom is -0.316 e. The Labute approximate surface area is 132 Å². The normalized spacial score (nSPS) is 12.3. The van der Waals surface area contributed by atoms with Gasteiger partial charge in [-0.2, -0.15) is 0 Å². The Morgan fingerprint density at radius 2 is 1.90 bits per heavy atom. The van der Waals surface area contributed by atoms with Gasteiger partial charge in [0, 0.05) is 16.7 Å². The number of thioether (sulfide) groups is 1. The second kappa shape index (κ2) is 7.81. The van der Waals surface area contributed by atoms with Crippen LogP contribution in [0.5, 0.6) is 0 Å². The average Bonchev–Trinajstić information content (AvgIpc) is 2.49. The van der Waals surface area contributed by atoms with E-state index in [1.54, 1.807) is 6.07 Å². The summed E-state index contributed by atoms with van der Waals surface area (Å²) in [6.45, 7) is 0. The molecule has 1 atom stereocenters. The van der Waals surface area contributed by atoms with Gasteiger partial charge in [0.05, 0.1) is 4.47 Å². The Kier molecular flexibility index (Phi) is 6.07.